The number of para-hydroxylation sites is 1. The normalized spacial score (nSPS) is 11.6. The van der Waals surface area contributed by atoms with Crippen LogP contribution in [-0.2, 0) is 0 Å². The molecule has 0 aliphatic heterocycles. The third kappa shape index (κ3) is 6.14. The fraction of sp³-hybridized carbons (Fsp3) is 0. The Bertz CT molecular complexity index is 3550. The molecule has 3 nitrogen and oxygen atoms in total. The number of rotatable bonds is 6. The summed E-state index contributed by atoms with van der Waals surface area (Å²) in [6.07, 6.45) is 0. The van der Waals surface area contributed by atoms with E-state index in [4.69, 9.17) is 14.4 Å². The number of furan rings is 1. The van der Waals surface area contributed by atoms with E-state index in [-0.39, 0.29) is 0 Å². The number of hydrogen-bond acceptors (Lipinski definition) is 3. The standard InChI is InChI=1S/C58H36N2O/c1-3-14-37(15-4-1)54-36-55(60-58(59-54)38-16-5-2-6-17-38)45-32-43(31-44(33-45)42-27-29-57-53(35-42)51-24-11-12-25-56(51)61-57)40-19-13-18-39(30-40)41-26-28-50-48-22-8-7-20-46(48)47-21-9-10-23-49(47)52(50)34-41/h1-36H. The molecule has 0 unspecified atom stereocenters. The predicted molar refractivity (Wildman–Crippen MR) is 254 cm³/mol. The van der Waals surface area contributed by atoms with E-state index in [1.54, 1.807) is 0 Å². The van der Waals surface area contributed by atoms with Crippen molar-refractivity contribution in [2.24, 2.45) is 0 Å². The van der Waals surface area contributed by atoms with Crippen molar-refractivity contribution in [2.75, 3.05) is 0 Å². The van der Waals surface area contributed by atoms with Crippen molar-refractivity contribution in [3.63, 3.8) is 0 Å². The number of aromatic nitrogens is 2. The summed E-state index contributed by atoms with van der Waals surface area (Å²) in [6, 6.07) is 77.7. The van der Waals surface area contributed by atoms with E-state index in [1.165, 1.54) is 37.9 Å². The molecule has 3 heteroatoms. The van der Waals surface area contributed by atoms with Gasteiger partial charge in [0.15, 0.2) is 5.82 Å². The van der Waals surface area contributed by atoms with Gasteiger partial charge in [-0.15, -0.1) is 0 Å². The average Bonchev–Trinajstić information content (AvgIpc) is 3.72. The molecule has 0 saturated carbocycles. The Morgan fingerprint density at radius 1 is 0.230 bits per heavy atom. The minimum Gasteiger partial charge on any atom is -0.456 e. The molecule has 0 fully saturated rings. The molecule has 0 saturated heterocycles. The first-order valence-corrected chi connectivity index (χ1v) is 20.7. The van der Waals surface area contributed by atoms with E-state index in [9.17, 15) is 0 Å². The molecule has 0 atom stereocenters. The maximum absolute atomic E-state index is 6.25. The molecule has 2 aromatic heterocycles. The summed E-state index contributed by atoms with van der Waals surface area (Å²) in [7, 11) is 0. The minimum absolute atomic E-state index is 0.689. The first-order chi connectivity index (χ1) is 30.2. The van der Waals surface area contributed by atoms with Crippen LogP contribution in [0.5, 0.6) is 0 Å². The number of nitrogens with zero attached hydrogens (tertiary/aromatic N) is 2. The van der Waals surface area contributed by atoms with Crippen molar-refractivity contribution >= 4 is 54.3 Å². The summed E-state index contributed by atoms with van der Waals surface area (Å²) < 4.78 is 6.25. The Labute approximate surface area is 352 Å². The zero-order valence-corrected chi connectivity index (χ0v) is 33.1. The van der Waals surface area contributed by atoms with Crippen LogP contribution in [-0.4, -0.2) is 9.97 Å². The van der Waals surface area contributed by atoms with Crippen molar-refractivity contribution in [1.82, 2.24) is 9.97 Å². The quantitative estimate of drug-likeness (QED) is 0.158. The molecular formula is C58H36N2O. The first-order valence-electron chi connectivity index (χ1n) is 20.7. The minimum atomic E-state index is 0.689. The zero-order chi connectivity index (χ0) is 40.3. The van der Waals surface area contributed by atoms with E-state index < -0.39 is 0 Å². The lowest BCUT2D eigenvalue weighted by atomic mass is 9.90. The van der Waals surface area contributed by atoms with Gasteiger partial charge in [0.05, 0.1) is 11.4 Å². The molecule has 0 aliphatic rings. The van der Waals surface area contributed by atoms with Crippen molar-refractivity contribution in [3.05, 3.63) is 218 Å². The monoisotopic (exact) mass is 776 g/mol. The van der Waals surface area contributed by atoms with Crippen molar-refractivity contribution < 1.29 is 4.42 Å². The molecule has 61 heavy (non-hydrogen) atoms. The Hall–Kier alpha value is -8.14. The fourth-order valence-corrected chi connectivity index (χ4v) is 9.05. The molecule has 0 radical (unpaired) electrons. The third-order valence-corrected chi connectivity index (χ3v) is 12.0. The van der Waals surface area contributed by atoms with E-state index >= 15 is 0 Å². The van der Waals surface area contributed by atoms with Crippen LogP contribution in [0.4, 0.5) is 0 Å². The molecule has 0 bridgehead atoms. The summed E-state index contributed by atoms with van der Waals surface area (Å²) in [5, 5.41) is 9.83. The smallest absolute Gasteiger partial charge is 0.160 e. The van der Waals surface area contributed by atoms with E-state index in [1.807, 2.05) is 36.4 Å². The summed E-state index contributed by atoms with van der Waals surface area (Å²) >= 11 is 0. The van der Waals surface area contributed by atoms with Crippen LogP contribution in [0.25, 0.3) is 122 Å². The van der Waals surface area contributed by atoms with Crippen LogP contribution in [0.1, 0.15) is 0 Å². The van der Waals surface area contributed by atoms with Gasteiger partial charge in [0.2, 0.25) is 0 Å². The van der Waals surface area contributed by atoms with Crippen LogP contribution in [0.15, 0.2) is 223 Å². The van der Waals surface area contributed by atoms with Gasteiger partial charge < -0.3 is 4.42 Å². The summed E-state index contributed by atoms with van der Waals surface area (Å²) in [6.45, 7) is 0. The van der Waals surface area contributed by atoms with E-state index in [0.717, 1.165) is 77.8 Å². The van der Waals surface area contributed by atoms with Gasteiger partial charge in [0.25, 0.3) is 0 Å². The van der Waals surface area contributed by atoms with Gasteiger partial charge in [0, 0.05) is 27.5 Å². The Kier molecular flexibility index (Phi) is 8.17. The number of hydrogen-bond donors (Lipinski definition) is 0. The summed E-state index contributed by atoms with van der Waals surface area (Å²) in [5.74, 6) is 0.689. The molecule has 0 spiro atoms. The summed E-state index contributed by atoms with van der Waals surface area (Å²) in [4.78, 5) is 10.4. The Morgan fingerprint density at radius 3 is 1.34 bits per heavy atom. The topological polar surface area (TPSA) is 38.9 Å². The van der Waals surface area contributed by atoms with Gasteiger partial charge >= 0.3 is 0 Å². The predicted octanol–water partition coefficient (Wildman–Crippen LogP) is 15.8. The molecule has 284 valence electrons. The molecule has 12 aromatic rings. The van der Waals surface area contributed by atoms with Gasteiger partial charge in [-0.2, -0.15) is 0 Å². The average molecular weight is 777 g/mol. The second-order valence-electron chi connectivity index (χ2n) is 15.7. The van der Waals surface area contributed by atoms with Crippen LogP contribution in [0, 0.1) is 0 Å². The molecule has 0 N–H and O–H groups in total. The molecular weight excluding hydrogens is 741 g/mol. The SMILES string of the molecule is c1ccc(-c2cc(-c3cc(-c4cccc(-c5ccc6c7ccccc7c7ccccc7c6c5)c4)cc(-c4ccc5oc6ccccc6c5c4)c3)nc(-c3ccccc3)n2)cc1. The van der Waals surface area contributed by atoms with Crippen LogP contribution in [0.2, 0.25) is 0 Å². The van der Waals surface area contributed by atoms with Crippen LogP contribution >= 0.6 is 0 Å². The van der Waals surface area contributed by atoms with Gasteiger partial charge in [-0.3, -0.25) is 0 Å². The summed E-state index contributed by atoms with van der Waals surface area (Å²) in [5.41, 5.74) is 13.3. The highest BCUT2D eigenvalue weighted by Gasteiger charge is 2.16. The zero-order valence-electron chi connectivity index (χ0n) is 33.1. The molecule has 2 heterocycles. The third-order valence-electron chi connectivity index (χ3n) is 12.0. The molecule has 12 rings (SSSR count). The van der Waals surface area contributed by atoms with Gasteiger partial charge in [-0.25, -0.2) is 9.97 Å². The maximum atomic E-state index is 6.25. The van der Waals surface area contributed by atoms with Gasteiger partial charge in [0.1, 0.15) is 11.2 Å². The van der Waals surface area contributed by atoms with Crippen molar-refractivity contribution in [3.8, 4) is 67.3 Å². The Balaban J connectivity index is 1.05. The van der Waals surface area contributed by atoms with E-state index in [0.29, 0.717) is 5.82 Å². The van der Waals surface area contributed by atoms with E-state index in [2.05, 4.69) is 182 Å². The van der Waals surface area contributed by atoms with Crippen LogP contribution < -0.4 is 0 Å². The molecule has 0 aliphatic carbocycles. The highest BCUT2D eigenvalue weighted by atomic mass is 16.3. The number of benzene rings is 10. The maximum Gasteiger partial charge on any atom is 0.160 e. The second kappa shape index (κ2) is 14.3. The largest absolute Gasteiger partial charge is 0.456 e. The Morgan fingerprint density at radius 2 is 0.656 bits per heavy atom. The second-order valence-corrected chi connectivity index (χ2v) is 15.7. The molecule has 0 amide bonds. The lowest BCUT2D eigenvalue weighted by Gasteiger charge is -2.14. The highest BCUT2D eigenvalue weighted by Crippen LogP contribution is 2.40. The van der Waals surface area contributed by atoms with Gasteiger partial charge in [-0.05, 0) is 120 Å². The number of fused-ring (bicyclic) bond motifs is 9. The molecule has 10 aromatic carbocycles. The first kappa shape index (κ1) is 34.9. The highest BCUT2D eigenvalue weighted by molar-refractivity contribution is 6.25. The van der Waals surface area contributed by atoms with Gasteiger partial charge in [-0.1, -0.05) is 164 Å². The van der Waals surface area contributed by atoms with Crippen molar-refractivity contribution in [1.29, 1.82) is 0 Å². The van der Waals surface area contributed by atoms with Crippen molar-refractivity contribution in [2.45, 2.75) is 0 Å². The fourth-order valence-electron chi connectivity index (χ4n) is 9.05. The van der Waals surface area contributed by atoms with Crippen LogP contribution in [0.3, 0.4) is 0 Å². The lowest BCUT2D eigenvalue weighted by Crippen LogP contribution is -1.96. The lowest BCUT2D eigenvalue weighted by molar-refractivity contribution is 0.669.